The molecule has 0 radical (unpaired) electrons. The number of hydrogen-bond donors (Lipinski definition) is 8. The molecule has 0 aliphatic rings. The van der Waals surface area contributed by atoms with Gasteiger partial charge in [-0.25, -0.2) is 4.79 Å². The fraction of sp³-hybridized carbons (Fsp3) is 0.565. The second kappa shape index (κ2) is 16.7. The predicted molar refractivity (Wildman–Crippen MR) is 136 cm³/mol. The van der Waals surface area contributed by atoms with Crippen LogP contribution in [0, 0.1) is 0 Å². The summed E-state index contributed by atoms with van der Waals surface area (Å²) in [6.07, 6.45) is 3.66. The summed E-state index contributed by atoms with van der Waals surface area (Å²) in [5.74, 6) is -2.93. The first-order valence-electron chi connectivity index (χ1n) is 11.6. The molecule has 0 spiro atoms. The Morgan fingerprint density at radius 2 is 1.50 bits per heavy atom. The number of aliphatic carboxylic acids is 1. The van der Waals surface area contributed by atoms with Gasteiger partial charge in [-0.2, -0.15) is 11.8 Å². The Balaban J connectivity index is 2.96. The molecule has 12 nitrogen and oxygen atoms in total. The Hall–Kier alpha value is -2.87. The molecule has 13 heteroatoms. The first kappa shape index (κ1) is 31.2. The summed E-state index contributed by atoms with van der Waals surface area (Å²) in [6.45, 7) is -0.324. The van der Waals surface area contributed by atoms with Crippen molar-refractivity contribution in [3.63, 3.8) is 0 Å². The Kier molecular flexibility index (Phi) is 14.5. The van der Waals surface area contributed by atoms with Gasteiger partial charge in [0.15, 0.2) is 0 Å². The number of carbonyl (C=O) groups is 4. The van der Waals surface area contributed by atoms with E-state index in [1.807, 2.05) is 0 Å². The smallest absolute Gasteiger partial charge is 0.326 e. The molecule has 0 bridgehead atoms. The molecule has 1 rings (SSSR count). The average molecular weight is 528 g/mol. The van der Waals surface area contributed by atoms with E-state index < -0.39 is 54.5 Å². The number of aliphatic hydroxyl groups excluding tert-OH is 1. The van der Waals surface area contributed by atoms with E-state index in [4.69, 9.17) is 11.5 Å². The number of aromatic hydroxyl groups is 1. The Labute approximate surface area is 214 Å². The quantitative estimate of drug-likeness (QED) is 0.112. The number of unbranched alkanes of at least 4 members (excludes halogenated alkanes) is 1. The van der Waals surface area contributed by atoms with E-state index in [9.17, 15) is 34.5 Å². The van der Waals surface area contributed by atoms with E-state index in [-0.39, 0.29) is 18.6 Å². The summed E-state index contributed by atoms with van der Waals surface area (Å²) in [4.78, 5) is 49.7. The number of thioether (sulfide) groups is 1. The summed E-state index contributed by atoms with van der Waals surface area (Å²) in [6, 6.07) is 1.34. The van der Waals surface area contributed by atoms with Gasteiger partial charge in [0.1, 0.15) is 23.9 Å². The Morgan fingerprint density at radius 1 is 0.917 bits per heavy atom. The van der Waals surface area contributed by atoms with Crippen molar-refractivity contribution in [2.75, 3.05) is 25.2 Å². The zero-order valence-corrected chi connectivity index (χ0v) is 21.1. The van der Waals surface area contributed by atoms with Crippen LogP contribution in [0.5, 0.6) is 5.75 Å². The summed E-state index contributed by atoms with van der Waals surface area (Å²) in [7, 11) is 0. The number of carboxylic acids is 1. The first-order chi connectivity index (χ1) is 17.1. The largest absolute Gasteiger partial charge is 0.508 e. The summed E-state index contributed by atoms with van der Waals surface area (Å²) >= 11 is 1.41. The lowest BCUT2D eigenvalue weighted by Gasteiger charge is -2.24. The van der Waals surface area contributed by atoms with Crippen LogP contribution >= 0.6 is 11.8 Å². The lowest BCUT2D eigenvalue weighted by Crippen LogP contribution is -2.58. The third-order valence-corrected chi connectivity index (χ3v) is 6.00. The molecule has 0 saturated heterocycles. The van der Waals surface area contributed by atoms with E-state index >= 15 is 0 Å². The van der Waals surface area contributed by atoms with Crippen molar-refractivity contribution in [3.8, 4) is 5.75 Å². The van der Waals surface area contributed by atoms with Crippen molar-refractivity contribution in [1.29, 1.82) is 0 Å². The zero-order valence-electron chi connectivity index (χ0n) is 20.3. The van der Waals surface area contributed by atoms with Crippen LogP contribution in [0.4, 0.5) is 0 Å². The summed E-state index contributed by atoms with van der Waals surface area (Å²) in [5, 5.41) is 35.8. The number of nitrogens with two attached hydrogens (primary N) is 2. The van der Waals surface area contributed by atoms with Gasteiger partial charge in [-0.15, -0.1) is 0 Å². The molecule has 0 fully saturated rings. The highest BCUT2D eigenvalue weighted by Crippen LogP contribution is 2.12. The van der Waals surface area contributed by atoms with Gasteiger partial charge in [0.2, 0.25) is 17.7 Å². The number of hydrogen-bond acceptors (Lipinski definition) is 9. The van der Waals surface area contributed by atoms with Gasteiger partial charge in [0.25, 0.3) is 0 Å². The topological polar surface area (TPSA) is 217 Å². The second-order valence-corrected chi connectivity index (χ2v) is 9.23. The van der Waals surface area contributed by atoms with Crippen LogP contribution in [0.3, 0.4) is 0 Å². The number of phenolic OH excluding ortho intramolecular Hbond substituents is 1. The molecule has 1 aromatic rings. The highest BCUT2D eigenvalue weighted by atomic mass is 32.2. The third kappa shape index (κ3) is 11.2. The molecule has 36 heavy (non-hydrogen) atoms. The normalized spacial score (nSPS) is 14.2. The Bertz CT molecular complexity index is 856. The number of carboxylic acid groups (broad SMARTS) is 1. The van der Waals surface area contributed by atoms with Gasteiger partial charge in [-0.3, -0.25) is 14.4 Å². The average Bonchev–Trinajstić information content (AvgIpc) is 2.85. The molecule has 0 aromatic heterocycles. The van der Waals surface area contributed by atoms with Gasteiger partial charge in [0, 0.05) is 6.42 Å². The molecule has 0 heterocycles. The SMILES string of the molecule is CSCCC(NC(=O)C(CO)NC(=O)C(Cc1ccc(O)cc1)NC(=O)C(N)CCCCN)C(=O)O. The molecular formula is C23H37N5O7S. The molecule has 1 aromatic carbocycles. The number of carbonyl (C=O) groups excluding carboxylic acids is 3. The fourth-order valence-corrected chi connectivity index (χ4v) is 3.70. The van der Waals surface area contributed by atoms with Crippen LogP contribution in [0.25, 0.3) is 0 Å². The van der Waals surface area contributed by atoms with E-state index in [1.54, 1.807) is 18.4 Å². The van der Waals surface area contributed by atoms with Crippen molar-refractivity contribution in [2.45, 2.75) is 56.3 Å². The van der Waals surface area contributed by atoms with Gasteiger partial charge >= 0.3 is 5.97 Å². The third-order valence-electron chi connectivity index (χ3n) is 5.36. The molecule has 0 aliphatic carbocycles. The van der Waals surface area contributed by atoms with E-state index in [0.717, 1.165) is 0 Å². The second-order valence-electron chi connectivity index (χ2n) is 8.25. The minimum absolute atomic E-state index is 0.0125. The maximum atomic E-state index is 13.1. The van der Waals surface area contributed by atoms with Crippen LogP contribution in [0.2, 0.25) is 0 Å². The molecule has 4 atom stereocenters. The summed E-state index contributed by atoms with van der Waals surface area (Å²) in [5.41, 5.74) is 12.0. The van der Waals surface area contributed by atoms with E-state index in [0.29, 0.717) is 37.1 Å². The standard InChI is InChI=1S/C23H37N5O7S/c1-36-11-9-17(23(34)35)26-22(33)19(13-29)28-21(32)18(12-14-5-7-15(30)8-6-14)27-20(31)16(25)4-2-3-10-24/h5-8,16-19,29-30H,2-4,9-13,24-25H2,1H3,(H,26,33)(H,27,31)(H,28,32)(H,34,35). The monoisotopic (exact) mass is 527 g/mol. The number of rotatable bonds is 17. The maximum absolute atomic E-state index is 13.1. The maximum Gasteiger partial charge on any atom is 0.326 e. The van der Waals surface area contributed by atoms with Crippen LogP contribution in [0.15, 0.2) is 24.3 Å². The minimum atomic E-state index is -1.44. The zero-order chi connectivity index (χ0) is 27.1. The van der Waals surface area contributed by atoms with Gasteiger partial charge in [-0.05, 0) is 55.5 Å². The van der Waals surface area contributed by atoms with Crippen LogP contribution in [0.1, 0.15) is 31.2 Å². The van der Waals surface area contributed by atoms with Crippen LogP contribution in [-0.4, -0.2) is 88.3 Å². The molecule has 0 saturated carbocycles. The first-order valence-corrected chi connectivity index (χ1v) is 13.0. The van der Waals surface area contributed by atoms with Crippen LogP contribution in [-0.2, 0) is 25.6 Å². The van der Waals surface area contributed by atoms with Crippen molar-refractivity contribution >= 4 is 35.5 Å². The molecule has 202 valence electrons. The Morgan fingerprint density at radius 3 is 2.06 bits per heavy atom. The van der Waals surface area contributed by atoms with Crippen LogP contribution < -0.4 is 27.4 Å². The lowest BCUT2D eigenvalue weighted by molar-refractivity contribution is -0.142. The molecule has 0 aliphatic heterocycles. The summed E-state index contributed by atoms with van der Waals surface area (Å²) < 4.78 is 0. The minimum Gasteiger partial charge on any atom is -0.508 e. The van der Waals surface area contributed by atoms with Gasteiger partial charge in [0.05, 0.1) is 12.6 Å². The lowest BCUT2D eigenvalue weighted by atomic mass is 10.0. The van der Waals surface area contributed by atoms with Crippen molar-refractivity contribution < 1.29 is 34.5 Å². The number of amides is 3. The molecular weight excluding hydrogens is 490 g/mol. The predicted octanol–water partition coefficient (Wildman–Crippen LogP) is -1.32. The van der Waals surface area contributed by atoms with Crippen molar-refractivity contribution in [1.82, 2.24) is 16.0 Å². The fourth-order valence-electron chi connectivity index (χ4n) is 3.23. The van der Waals surface area contributed by atoms with E-state index in [1.165, 1.54) is 23.9 Å². The number of benzene rings is 1. The number of aliphatic hydroxyl groups is 1. The highest BCUT2D eigenvalue weighted by Gasteiger charge is 2.30. The van der Waals surface area contributed by atoms with Crippen molar-refractivity contribution in [2.24, 2.45) is 11.5 Å². The number of phenols is 1. The highest BCUT2D eigenvalue weighted by molar-refractivity contribution is 7.98. The van der Waals surface area contributed by atoms with Gasteiger partial charge in [-0.1, -0.05) is 18.6 Å². The number of nitrogens with one attached hydrogen (secondary N) is 3. The van der Waals surface area contributed by atoms with Crippen molar-refractivity contribution in [3.05, 3.63) is 29.8 Å². The van der Waals surface area contributed by atoms with E-state index in [2.05, 4.69) is 16.0 Å². The molecule has 10 N–H and O–H groups in total. The molecule has 4 unspecified atom stereocenters. The van der Waals surface area contributed by atoms with Gasteiger partial charge < -0.3 is 42.7 Å². The molecule has 3 amide bonds.